The Balaban J connectivity index is 2.73. The molecule has 100 valence electrons. The van der Waals surface area contributed by atoms with Gasteiger partial charge in [-0.05, 0) is 30.7 Å². The number of alkyl halides is 1. The van der Waals surface area contributed by atoms with Gasteiger partial charge in [-0.1, -0.05) is 29.3 Å². The minimum Gasteiger partial charge on any atom is -0.497 e. The van der Waals surface area contributed by atoms with Gasteiger partial charge in [-0.15, -0.1) is 0 Å². The summed E-state index contributed by atoms with van der Waals surface area (Å²) in [5.74, 6) is 0.859. The Labute approximate surface area is 117 Å². The second-order valence-corrected chi connectivity index (χ2v) is 4.86. The lowest BCUT2D eigenvalue weighted by molar-refractivity contribution is 0.0764. The van der Waals surface area contributed by atoms with E-state index in [2.05, 4.69) is 22.9 Å². The summed E-state index contributed by atoms with van der Waals surface area (Å²) in [7, 11) is 1.62. The van der Waals surface area contributed by atoms with Crippen LogP contribution in [-0.2, 0) is 0 Å². The molecular weight excluding hydrogens is 294 g/mol. The van der Waals surface area contributed by atoms with Crippen LogP contribution < -0.4 is 4.74 Å². The molecule has 0 spiro atoms. The molecule has 0 aliphatic carbocycles. The standard InChI is InChI=1S/C14H20BrNO2/c1-3-4-10-16(11-9-15)14(17)12-5-7-13(18-2)8-6-12/h5-8H,3-4,9-11H2,1-2H3. The SMILES string of the molecule is CCCCN(CCBr)C(=O)c1ccc(OC)cc1. The number of hydrogen-bond donors (Lipinski definition) is 0. The first kappa shape index (κ1) is 15.0. The van der Waals surface area contributed by atoms with Gasteiger partial charge >= 0.3 is 0 Å². The molecule has 1 aromatic rings. The largest absolute Gasteiger partial charge is 0.497 e. The number of amides is 1. The zero-order chi connectivity index (χ0) is 13.4. The van der Waals surface area contributed by atoms with Gasteiger partial charge in [-0.25, -0.2) is 0 Å². The third-order valence-electron chi connectivity index (χ3n) is 2.76. The van der Waals surface area contributed by atoms with E-state index in [0.29, 0.717) is 5.56 Å². The molecule has 0 fully saturated rings. The van der Waals surface area contributed by atoms with Crippen molar-refractivity contribution in [2.45, 2.75) is 19.8 Å². The van der Waals surface area contributed by atoms with Gasteiger partial charge in [-0.3, -0.25) is 4.79 Å². The van der Waals surface area contributed by atoms with Gasteiger partial charge in [0.25, 0.3) is 5.91 Å². The molecule has 3 nitrogen and oxygen atoms in total. The third-order valence-corrected chi connectivity index (χ3v) is 3.11. The van der Waals surface area contributed by atoms with Crippen LogP contribution in [0.2, 0.25) is 0 Å². The summed E-state index contributed by atoms with van der Waals surface area (Å²) in [6.07, 6.45) is 2.13. The van der Waals surface area contributed by atoms with Crippen LogP contribution in [-0.4, -0.2) is 36.3 Å². The van der Waals surface area contributed by atoms with Gasteiger partial charge in [0.1, 0.15) is 5.75 Å². The average molecular weight is 314 g/mol. The van der Waals surface area contributed by atoms with Gasteiger partial charge in [0.2, 0.25) is 0 Å². The number of carbonyl (C=O) groups excluding carboxylic acids is 1. The van der Waals surface area contributed by atoms with E-state index in [1.54, 1.807) is 7.11 Å². The van der Waals surface area contributed by atoms with Crippen LogP contribution in [0.1, 0.15) is 30.1 Å². The van der Waals surface area contributed by atoms with Crippen molar-refractivity contribution in [3.63, 3.8) is 0 Å². The molecule has 0 bridgehead atoms. The van der Waals surface area contributed by atoms with Gasteiger partial charge in [0.05, 0.1) is 7.11 Å². The predicted molar refractivity (Wildman–Crippen MR) is 77.6 cm³/mol. The van der Waals surface area contributed by atoms with E-state index in [9.17, 15) is 4.79 Å². The number of nitrogens with zero attached hydrogens (tertiary/aromatic N) is 1. The van der Waals surface area contributed by atoms with E-state index in [1.165, 1.54) is 0 Å². The van der Waals surface area contributed by atoms with Crippen molar-refractivity contribution in [3.8, 4) is 5.75 Å². The quantitative estimate of drug-likeness (QED) is 0.723. The van der Waals surface area contributed by atoms with Gasteiger partial charge < -0.3 is 9.64 Å². The number of unbranched alkanes of at least 4 members (excludes halogenated alkanes) is 1. The monoisotopic (exact) mass is 313 g/mol. The van der Waals surface area contributed by atoms with E-state index in [1.807, 2.05) is 29.2 Å². The van der Waals surface area contributed by atoms with Crippen LogP contribution in [0.4, 0.5) is 0 Å². The van der Waals surface area contributed by atoms with E-state index >= 15 is 0 Å². The van der Waals surface area contributed by atoms with Gasteiger partial charge in [0, 0.05) is 24.0 Å². The molecule has 1 aromatic carbocycles. The highest BCUT2D eigenvalue weighted by molar-refractivity contribution is 9.09. The number of rotatable bonds is 7. The molecule has 0 atom stereocenters. The number of halogens is 1. The Bertz CT molecular complexity index is 365. The topological polar surface area (TPSA) is 29.5 Å². The molecule has 0 radical (unpaired) electrons. The first-order chi connectivity index (χ1) is 8.72. The number of methoxy groups -OCH3 is 1. The maximum atomic E-state index is 12.3. The molecule has 1 rings (SSSR count). The van der Waals surface area contributed by atoms with Crippen molar-refractivity contribution in [1.82, 2.24) is 4.90 Å². The van der Waals surface area contributed by atoms with E-state index in [-0.39, 0.29) is 5.91 Å². The molecular formula is C14H20BrNO2. The molecule has 1 amide bonds. The normalized spacial score (nSPS) is 10.2. The fourth-order valence-corrected chi connectivity index (χ4v) is 2.11. The summed E-state index contributed by atoms with van der Waals surface area (Å²) in [6.45, 7) is 3.68. The van der Waals surface area contributed by atoms with Crippen LogP contribution in [0.3, 0.4) is 0 Å². The predicted octanol–water partition coefficient (Wildman–Crippen LogP) is 3.33. The lowest BCUT2D eigenvalue weighted by atomic mass is 10.2. The highest BCUT2D eigenvalue weighted by Crippen LogP contribution is 2.13. The van der Waals surface area contributed by atoms with Crippen molar-refractivity contribution in [2.24, 2.45) is 0 Å². The summed E-state index contributed by atoms with van der Waals surface area (Å²) in [5.41, 5.74) is 0.716. The Morgan fingerprint density at radius 1 is 1.28 bits per heavy atom. The summed E-state index contributed by atoms with van der Waals surface area (Å²) in [6, 6.07) is 7.27. The van der Waals surface area contributed by atoms with Crippen LogP contribution in [0.5, 0.6) is 5.75 Å². The maximum absolute atomic E-state index is 12.3. The highest BCUT2D eigenvalue weighted by Gasteiger charge is 2.14. The first-order valence-corrected chi connectivity index (χ1v) is 7.34. The molecule has 0 unspecified atom stereocenters. The Morgan fingerprint density at radius 2 is 1.94 bits per heavy atom. The van der Waals surface area contributed by atoms with Crippen molar-refractivity contribution >= 4 is 21.8 Å². The molecule has 0 N–H and O–H groups in total. The highest BCUT2D eigenvalue weighted by atomic mass is 79.9. The number of benzene rings is 1. The Morgan fingerprint density at radius 3 is 2.44 bits per heavy atom. The minimum absolute atomic E-state index is 0.0885. The molecule has 0 aliphatic rings. The summed E-state index contributed by atoms with van der Waals surface area (Å²) >= 11 is 3.39. The summed E-state index contributed by atoms with van der Waals surface area (Å²) in [5, 5.41) is 0.804. The number of carbonyl (C=O) groups is 1. The summed E-state index contributed by atoms with van der Waals surface area (Å²) in [4.78, 5) is 14.2. The second-order valence-electron chi connectivity index (χ2n) is 4.06. The van der Waals surface area contributed by atoms with Crippen LogP contribution >= 0.6 is 15.9 Å². The zero-order valence-corrected chi connectivity index (χ0v) is 12.6. The zero-order valence-electron chi connectivity index (χ0n) is 11.0. The number of hydrogen-bond acceptors (Lipinski definition) is 2. The summed E-state index contributed by atoms with van der Waals surface area (Å²) < 4.78 is 5.09. The van der Waals surface area contributed by atoms with E-state index < -0.39 is 0 Å². The molecule has 4 heteroatoms. The number of ether oxygens (including phenoxy) is 1. The molecule has 0 heterocycles. The Kier molecular flexibility index (Phi) is 6.80. The fraction of sp³-hybridized carbons (Fsp3) is 0.500. The van der Waals surface area contributed by atoms with Crippen molar-refractivity contribution in [2.75, 3.05) is 25.5 Å². The van der Waals surface area contributed by atoms with Crippen molar-refractivity contribution < 1.29 is 9.53 Å². The molecule has 0 aliphatic heterocycles. The van der Waals surface area contributed by atoms with Crippen LogP contribution in [0.15, 0.2) is 24.3 Å². The van der Waals surface area contributed by atoms with Crippen LogP contribution in [0, 0.1) is 0 Å². The smallest absolute Gasteiger partial charge is 0.253 e. The van der Waals surface area contributed by atoms with Crippen molar-refractivity contribution in [3.05, 3.63) is 29.8 Å². The van der Waals surface area contributed by atoms with E-state index in [0.717, 1.165) is 37.0 Å². The van der Waals surface area contributed by atoms with Crippen LogP contribution in [0.25, 0.3) is 0 Å². The lowest BCUT2D eigenvalue weighted by Gasteiger charge is -2.21. The van der Waals surface area contributed by atoms with Gasteiger partial charge in [0.15, 0.2) is 0 Å². The van der Waals surface area contributed by atoms with E-state index in [4.69, 9.17) is 4.74 Å². The molecule has 18 heavy (non-hydrogen) atoms. The Hall–Kier alpha value is -1.03. The maximum Gasteiger partial charge on any atom is 0.253 e. The minimum atomic E-state index is 0.0885. The van der Waals surface area contributed by atoms with Gasteiger partial charge in [-0.2, -0.15) is 0 Å². The average Bonchev–Trinajstić information content (AvgIpc) is 2.43. The molecule has 0 saturated carbocycles. The molecule has 0 saturated heterocycles. The molecule has 0 aromatic heterocycles. The fourth-order valence-electron chi connectivity index (χ4n) is 1.68. The van der Waals surface area contributed by atoms with Crippen molar-refractivity contribution in [1.29, 1.82) is 0 Å². The first-order valence-electron chi connectivity index (χ1n) is 6.22. The third kappa shape index (κ3) is 4.33. The second kappa shape index (κ2) is 8.14. The lowest BCUT2D eigenvalue weighted by Crippen LogP contribution is -2.33.